The molecule has 0 saturated heterocycles. The lowest BCUT2D eigenvalue weighted by atomic mass is 10.2. The van der Waals surface area contributed by atoms with Crippen LogP contribution in [0.25, 0.3) is 11.8 Å². The van der Waals surface area contributed by atoms with E-state index in [0.717, 1.165) is 22.6 Å². The molecule has 0 aliphatic carbocycles. The van der Waals surface area contributed by atoms with Crippen LogP contribution in [-0.2, 0) is 14.3 Å². The third kappa shape index (κ3) is 4.81. The van der Waals surface area contributed by atoms with Crippen molar-refractivity contribution in [1.29, 1.82) is 0 Å². The van der Waals surface area contributed by atoms with Crippen molar-refractivity contribution in [2.45, 2.75) is 46.8 Å². The summed E-state index contributed by atoms with van der Waals surface area (Å²) < 4.78 is 6.97. The Kier molecular flexibility index (Phi) is 6.33. The highest BCUT2D eigenvalue weighted by Gasteiger charge is 2.17. The Balaban J connectivity index is 2.10. The number of rotatable bonds is 6. The van der Waals surface area contributed by atoms with Crippen molar-refractivity contribution in [3.05, 3.63) is 53.4 Å². The zero-order valence-electron chi connectivity index (χ0n) is 15.8. The number of aryl methyl sites for hydroxylation is 1. The van der Waals surface area contributed by atoms with E-state index >= 15 is 0 Å². The van der Waals surface area contributed by atoms with E-state index in [0.29, 0.717) is 0 Å². The average molecular weight is 355 g/mol. The molecule has 1 aromatic heterocycles. The maximum atomic E-state index is 12.0. The third-order valence-electron chi connectivity index (χ3n) is 3.83. The molecule has 26 heavy (non-hydrogen) atoms. The molecular formula is C20H25N3O3. The Hall–Kier alpha value is -2.89. The minimum absolute atomic E-state index is 0.00619. The summed E-state index contributed by atoms with van der Waals surface area (Å²) in [5.74, 6) is -0.881. The van der Waals surface area contributed by atoms with Crippen LogP contribution in [0.2, 0.25) is 0 Å². The highest BCUT2D eigenvalue weighted by molar-refractivity contribution is 5.90. The molecule has 2 rings (SSSR count). The lowest BCUT2D eigenvalue weighted by Gasteiger charge is -2.14. The summed E-state index contributed by atoms with van der Waals surface area (Å²) in [7, 11) is 0. The second-order valence-corrected chi connectivity index (χ2v) is 6.41. The van der Waals surface area contributed by atoms with Crippen molar-refractivity contribution in [2.75, 3.05) is 0 Å². The van der Waals surface area contributed by atoms with Gasteiger partial charge in [-0.3, -0.25) is 4.79 Å². The number of nitrogens with one attached hydrogen (secondary N) is 1. The Morgan fingerprint density at radius 2 is 1.81 bits per heavy atom. The van der Waals surface area contributed by atoms with Crippen LogP contribution in [0.15, 0.2) is 36.4 Å². The number of nitrogens with zero attached hydrogens (tertiary/aromatic N) is 2. The minimum atomic E-state index is -0.844. The van der Waals surface area contributed by atoms with E-state index in [4.69, 9.17) is 4.74 Å². The molecule has 138 valence electrons. The van der Waals surface area contributed by atoms with E-state index in [1.807, 2.05) is 62.7 Å². The Morgan fingerprint density at radius 1 is 1.15 bits per heavy atom. The summed E-state index contributed by atoms with van der Waals surface area (Å²) in [5, 5.41) is 7.24. The quantitative estimate of drug-likeness (QED) is 0.639. The monoisotopic (exact) mass is 355 g/mol. The number of benzene rings is 1. The molecule has 2 aromatic rings. The van der Waals surface area contributed by atoms with Crippen molar-refractivity contribution in [1.82, 2.24) is 15.1 Å². The van der Waals surface area contributed by atoms with Crippen molar-refractivity contribution in [2.24, 2.45) is 0 Å². The smallest absolute Gasteiger partial charge is 0.331 e. The molecule has 0 radical (unpaired) electrons. The molecule has 0 fully saturated rings. The first-order chi connectivity index (χ1) is 12.3. The van der Waals surface area contributed by atoms with Crippen LogP contribution in [-0.4, -0.2) is 33.8 Å². The van der Waals surface area contributed by atoms with Crippen LogP contribution in [0.1, 0.15) is 37.7 Å². The number of ether oxygens (including phenoxy) is 1. The van der Waals surface area contributed by atoms with E-state index in [1.54, 1.807) is 13.0 Å². The van der Waals surface area contributed by atoms with Gasteiger partial charge in [-0.2, -0.15) is 5.10 Å². The van der Waals surface area contributed by atoms with Gasteiger partial charge in [-0.15, -0.1) is 0 Å². The largest absolute Gasteiger partial charge is 0.449 e. The molecule has 1 N–H and O–H groups in total. The molecule has 0 spiro atoms. The normalized spacial score (nSPS) is 12.4. The average Bonchev–Trinajstić information content (AvgIpc) is 2.87. The van der Waals surface area contributed by atoms with E-state index < -0.39 is 12.1 Å². The lowest BCUT2D eigenvalue weighted by molar-refractivity contribution is -0.150. The third-order valence-corrected chi connectivity index (χ3v) is 3.83. The second-order valence-electron chi connectivity index (χ2n) is 6.41. The predicted octanol–water partition coefficient (Wildman–Crippen LogP) is 2.96. The molecule has 0 aliphatic heterocycles. The SMILES string of the molecule is Cc1nn(-c2ccccc2)c(C)c1/C=C/C(=O)O[C@@H](C)C(=O)NC(C)C. The highest BCUT2D eigenvalue weighted by Crippen LogP contribution is 2.19. The van der Waals surface area contributed by atoms with Gasteiger partial charge in [0.2, 0.25) is 0 Å². The van der Waals surface area contributed by atoms with Crippen LogP contribution >= 0.6 is 0 Å². The maximum Gasteiger partial charge on any atom is 0.331 e. The van der Waals surface area contributed by atoms with Crippen molar-refractivity contribution in [3.8, 4) is 5.69 Å². The van der Waals surface area contributed by atoms with E-state index in [9.17, 15) is 9.59 Å². The number of amides is 1. The zero-order chi connectivity index (χ0) is 19.3. The number of carbonyl (C=O) groups is 2. The highest BCUT2D eigenvalue weighted by atomic mass is 16.5. The van der Waals surface area contributed by atoms with Crippen LogP contribution in [0, 0.1) is 13.8 Å². The van der Waals surface area contributed by atoms with Crippen LogP contribution < -0.4 is 5.32 Å². The van der Waals surface area contributed by atoms with Gasteiger partial charge in [-0.1, -0.05) is 18.2 Å². The van der Waals surface area contributed by atoms with Crippen molar-refractivity contribution < 1.29 is 14.3 Å². The molecule has 1 aromatic carbocycles. The number of esters is 1. The summed E-state index contributed by atoms with van der Waals surface area (Å²) in [6, 6.07) is 9.77. The Bertz CT molecular complexity index is 807. The van der Waals surface area contributed by atoms with Gasteiger partial charge in [-0.05, 0) is 52.8 Å². The number of hydrogen-bond acceptors (Lipinski definition) is 4. The van der Waals surface area contributed by atoms with Gasteiger partial charge >= 0.3 is 5.97 Å². The Morgan fingerprint density at radius 3 is 2.42 bits per heavy atom. The number of hydrogen-bond donors (Lipinski definition) is 1. The van der Waals surface area contributed by atoms with Crippen molar-refractivity contribution >= 4 is 18.0 Å². The first kappa shape index (κ1) is 19.4. The summed E-state index contributed by atoms with van der Waals surface area (Å²) in [6.07, 6.45) is 2.15. The number of carbonyl (C=O) groups excluding carboxylic acids is 2. The first-order valence-electron chi connectivity index (χ1n) is 8.60. The van der Waals surface area contributed by atoms with E-state index in [2.05, 4.69) is 10.4 Å². The number of para-hydroxylation sites is 1. The fraction of sp³-hybridized carbons (Fsp3) is 0.350. The van der Waals surface area contributed by atoms with Gasteiger partial charge in [0.15, 0.2) is 6.10 Å². The molecule has 1 amide bonds. The van der Waals surface area contributed by atoms with Crippen LogP contribution in [0.5, 0.6) is 0 Å². The molecule has 0 aliphatic rings. The van der Waals surface area contributed by atoms with Gasteiger partial charge in [0.25, 0.3) is 5.91 Å². The lowest BCUT2D eigenvalue weighted by Crippen LogP contribution is -2.39. The van der Waals surface area contributed by atoms with Gasteiger partial charge in [0, 0.05) is 23.4 Å². The molecule has 1 heterocycles. The topological polar surface area (TPSA) is 73.2 Å². The molecule has 6 nitrogen and oxygen atoms in total. The van der Waals surface area contributed by atoms with Gasteiger partial charge in [0.1, 0.15) is 0 Å². The molecule has 0 bridgehead atoms. The predicted molar refractivity (Wildman–Crippen MR) is 101 cm³/mol. The van der Waals surface area contributed by atoms with Gasteiger partial charge in [-0.25, -0.2) is 9.48 Å². The minimum Gasteiger partial charge on any atom is -0.449 e. The summed E-state index contributed by atoms with van der Waals surface area (Å²) in [6.45, 7) is 9.07. The van der Waals surface area contributed by atoms with Gasteiger partial charge < -0.3 is 10.1 Å². The molecule has 0 unspecified atom stereocenters. The number of aromatic nitrogens is 2. The standard InChI is InChI=1S/C20H25N3O3/c1-13(2)21-20(25)16(5)26-19(24)12-11-18-14(3)22-23(15(18)4)17-9-7-6-8-10-17/h6-13,16H,1-5H3,(H,21,25)/b12-11+/t16-/m0/s1. The molecule has 0 saturated carbocycles. The second kappa shape index (κ2) is 8.47. The molecule has 6 heteroatoms. The van der Waals surface area contributed by atoms with E-state index in [1.165, 1.54) is 6.08 Å². The fourth-order valence-corrected chi connectivity index (χ4v) is 2.54. The summed E-state index contributed by atoms with van der Waals surface area (Å²) in [4.78, 5) is 23.8. The maximum absolute atomic E-state index is 12.0. The molecule has 1 atom stereocenters. The van der Waals surface area contributed by atoms with Crippen LogP contribution in [0.3, 0.4) is 0 Å². The van der Waals surface area contributed by atoms with Crippen molar-refractivity contribution in [3.63, 3.8) is 0 Å². The fourth-order valence-electron chi connectivity index (χ4n) is 2.54. The summed E-state index contributed by atoms with van der Waals surface area (Å²) >= 11 is 0. The first-order valence-corrected chi connectivity index (χ1v) is 8.60. The Labute approximate surface area is 153 Å². The van der Waals surface area contributed by atoms with Crippen LogP contribution in [0.4, 0.5) is 0 Å². The summed E-state index contributed by atoms with van der Waals surface area (Å²) in [5.41, 5.74) is 3.53. The van der Waals surface area contributed by atoms with E-state index in [-0.39, 0.29) is 11.9 Å². The zero-order valence-corrected chi connectivity index (χ0v) is 15.8. The molecular weight excluding hydrogens is 330 g/mol. The van der Waals surface area contributed by atoms with Gasteiger partial charge in [0.05, 0.1) is 11.4 Å².